The van der Waals surface area contributed by atoms with E-state index in [9.17, 15) is 9.90 Å². The van der Waals surface area contributed by atoms with Crippen LogP contribution in [0.4, 0.5) is 27.9 Å². The Bertz CT molecular complexity index is 1190. The van der Waals surface area contributed by atoms with Crippen LogP contribution in [0, 0.1) is 0 Å². The summed E-state index contributed by atoms with van der Waals surface area (Å²) in [4.78, 5) is 24.4. The highest BCUT2D eigenvalue weighted by Gasteiger charge is 2.23. The number of hydrogen-bond donors (Lipinski definition) is 2. The highest BCUT2D eigenvalue weighted by Crippen LogP contribution is 2.36. The molecule has 0 saturated carbocycles. The third-order valence-corrected chi connectivity index (χ3v) is 6.12. The summed E-state index contributed by atoms with van der Waals surface area (Å²) in [7, 11) is 3.00. The van der Waals surface area contributed by atoms with E-state index in [2.05, 4.69) is 20.2 Å². The van der Waals surface area contributed by atoms with Gasteiger partial charge in [0.15, 0.2) is 0 Å². The zero-order chi connectivity index (χ0) is 26.0. The van der Waals surface area contributed by atoms with Gasteiger partial charge in [0.2, 0.25) is 5.95 Å². The molecule has 0 radical (unpaired) electrons. The fourth-order valence-corrected chi connectivity index (χ4v) is 4.28. The van der Waals surface area contributed by atoms with Gasteiger partial charge >= 0.3 is 6.09 Å². The highest BCUT2D eigenvalue weighted by molar-refractivity contribution is 5.95. The summed E-state index contributed by atoms with van der Waals surface area (Å²) in [6, 6.07) is 13.9. The molecule has 0 atom stereocenters. The monoisotopic (exact) mass is 507 g/mol. The summed E-state index contributed by atoms with van der Waals surface area (Å²) < 4.78 is 16.6. The normalized spacial score (nSPS) is 13.6. The van der Waals surface area contributed by atoms with Crippen LogP contribution in [-0.4, -0.2) is 66.5 Å². The van der Waals surface area contributed by atoms with Gasteiger partial charge in [0.05, 0.1) is 26.5 Å². The molecule has 0 unspecified atom stereocenters. The van der Waals surface area contributed by atoms with Crippen molar-refractivity contribution in [3.05, 3.63) is 54.7 Å². The Morgan fingerprint density at radius 1 is 1.05 bits per heavy atom. The minimum atomic E-state index is -1.21. The number of nitrogens with zero attached hydrogens (tertiary/aromatic N) is 4. The molecule has 10 heteroatoms. The van der Waals surface area contributed by atoms with E-state index in [1.54, 1.807) is 18.2 Å². The number of amides is 1. The van der Waals surface area contributed by atoms with Crippen molar-refractivity contribution in [3.8, 4) is 17.2 Å². The predicted octanol–water partition coefficient (Wildman–Crippen LogP) is 5.31. The van der Waals surface area contributed by atoms with Gasteiger partial charge < -0.3 is 29.5 Å². The molecule has 1 aromatic heterocycles. The van der Waals surface area contributed by atoms with Gasteiger partial charge in [-0.1, -0.05) is 12.5 Å². The first kappa shape index (κ1) is 26.0. The molecule has 1 aliphatic heterocycles. The maximum absolute atomic E-state index is 12.2. The fraction of sp³-hybridized carbons (Fsp3) is 0.370. The summed E-state index contributed by atoms with van der Waals surface area (Å²) in [5.41, 5.74) is 1.04. The van der Waals surface area contributed by atoms with Crippen LogP contribution in [0.2, 0.25) is 0 Å². The quantitative estimate of drug-likeness (QED) is 0.334. The van der Waals surface area contributed by atoms with Gasteiger partial charge in [-0.2, -0.15) is 4.98 Å². The second-order valence-electron chi connectivity index (χ2n) is 8.65. The van der Waals surface area contributed by atoms with E-state index in [4.69, 9.17) is 14.2 Å². The van der Waals surface area contributed by atoms with Crippen molar-refractivity contribution in [1.29, 1.82) is 0 Å². The SMILES string of the molecule is COc1ccc(N(C(=O)O)c2ccnc(Nc3cccc(OCCCN4CCCCC4)c3)n2)c(OC)c1. The lowest BCUT2D eigenvalue weighted by molar-refractivity contribution is 0.204. The number of carboxylic acid groups (broad SMARTS) is 1. The largest absolute Gasteiger partial charge is 0.497 e. The molecule has 1 aliphatic rings. The average Bonchev–Trinajstić information content (AvgIpc) is 2.92. The maximum atomic E-state index is 12.2. The van der Waals surface area contributed by atoms with Gasteiger partial charge in [-0.25, -0.2) is 14.7 Å². The number of ether oxygens (including phenoxy) is 3. The highest BCUT2D eigenvalue weighted by atomic mass is 16.5. The van der Waals surface area contributed by atoms with Crippen LogP contribution >= 0.6 is 0 Å². The molecule has 37 heavy (non-hydrogen) atoms. The van der Waals surface area contributed by atoms with Crippen molar-refractivity contribution >= 4 is 29.2 Å². The number of aromatic nitrogens is 2. The lowest BCUT2D eigenvalue weighted by atomic mass is 10.1. The lowest BCUT2D eigenvalue weighted by Crippen LogP contribution is -2.31. The van der Waals surface area contributed by atoms with Gasteiger partial charge in [0, 0.05) is 36.6 Å². The van der Waals surface area contributed by atoms with Crippen LogP contribution in [0.3, 0.4) is 0 Å². The Morgan fingerprint density at radius 2 is 1.89 bits per heavy atom. The van der Waals surface area contributed by atoms with Crippen molar-refractivity contribution in [2.45, 2.75) is 25.7 Å². The zero-order valence-electron chi connectivity index (χ0n) is 21.2. The molecule has 2 heterocycles. The first-order valence-electron chi connectivity index (χ1n) is 12.4. The molecule has 1 fully saturated rings. The summed E-state index contributed by atoms with van der Waals surface area (Å²) in [6.07, 6.45) is 5.17. The number of rotatable bonds is 11. The summed E-state index contributed by atoms with van der Waals surface area (Å²) in [5.74, 6) is 2.04. The Morgan fingerprint density at radius 3 is 2.65 bits per heavy atom. The first-order chi connectivity index (χ1) is 18.1. The number of methoxy groups -OCH3 is 2. The zero-order valence-corrected chi connectivity index (χ0v) is 21.2. The fourth-order valence-electron chi connectivity index (χ4n) is 4.28. The van der Waals surface area contributed by atoms with Gasteiger partial charge in [-0.15, -0.1) is 0 Å². The van der Waals surface area contributed by atoms with Crippen LogP contribution < -0.4 is 24.4 Å². The van der Waals surface area contributed by atoms with E-state index in [0.717, 1.165) is 29.3 Å². The van der Waals surface area contributed by atoms with E-state index in [0.29, 0.717) is 23.8 Å². The molecular weight excluding hydrogens is 474 g/mol. The van der Waals surface area contributed by atoms with Crippen molar-refractivity contribution in [2.24, 2.45) is 0 Å². The van der Waals surface area contributed by atoms with E-state index >= 15 is 0 Å². The summed E-state index contributed by atoms with van der Waals surface area (Å²) in [6.45, 7) is 4.06. The minimum absolute atomic E-state index is 0.165. The standard InChI is InChI=1S/C27H33N5O5/c1-35-21-10-11-23(24(19-21)36-2)32(27(33)34)25-12-13-28-26(30-25)29-20-8-6-9-22(18-20)37-17-7-16-31-14-4-3-5-15-31/h6,8-13,18-19H,3-5,7,14-17H2,1-2H3,(H,33,34)(H,28,29,30). The molecule has 0 spiro atoms. The average molecular weight is 508 g/mol. The number of piperidine rings is 1. The maximum Gasteiger partial charge on any atom is 0.417 e. The van der Waals surface area contributed by atoms with Gasteiger partial charge in [-0.3, -0.25) is 0 Å². The van der Waals surface area contributed by atoms with Crippen LogP contribution in [0.15, 0.2) is 54.7 Å². The van der Waals surface area contributed by atoms with E-state index in [1.807, 2.05) is 24.3 Å². The molecule has 1 amide bonds. The molecule has 4 rings (SSSR count). The Labute approximate surface area is 216 Å². The summed E-state index contributed by atoms with van der Waals surface area (Å²) in [5, 5.41) is 13.1. The van der Waals surface area contributed by atoms with Gasteiger partial charge in [0.25, 0.3) is 0 Å². The van der Waals surface area contributed by atoms with Crippen LogP contribution in [0.1, 0.15) is 25.7 Å². The molecule has 2 aromatic carbocycles. The van der Waals surface area contributed by atoms with Crippen LogP contribution in [-0.2, 0) is 0 Å². The first-order valence-corrected chi connectivity index (χ1v) is 12.4. The third-order valence-electron chi connectivity index (χ3n) is 6.12. The van der Waals surface area contributed by atoms with Crippen LogP contribution in [0.5, 0.6) is 17.2 Å². The molecule has 0 aliphatic carbocycles. The van der Waals surface area contributed by atoms with Crippen molar-refractivity contribution in [1.82, 2.24) is 14.9 Å². The Kier molecular flexibility index (Phi) is 8.98. The Hall–Kier alpha value is -4.05. The number of nitrogens with one attached hydrogen (secondary N) is 1. The number of likely N-dealkylation sites (tertiary alicyclic amines) is 1. The van der Waals surface area contributed by atoms with E-state index in [-0.39, 0.29) is 11.8 Å². The molecular formula is C27H33N5O5. The molecule has 3 aromatic rings. The minimum Gasteiger partial charge on any atom is -0.497 e. The number of benzene rings is 2. The van der Waals surface area contributed by atoms with Crippen molar-refractivity contribution in [3.63, 3.8) is 0 Å². The van der Waals surface area contributed by atoms with Crippen molar-refractivity contribution < 1.29 is 24.1 Å². The molecule has 196 valence electrons. The van der Waals surface area contributed by atoms with Crippen molar-refractivity contribution in [2.75, 3.05) is 50.7 Å². The summed E-state index contributed by atoms with van der Waals surface area (Å²) >= 11 is 0. The molecule has 10 nitrogen and oxygen atoms in total. The second kappa shape index (κ2) is 12.8. The third kappa shape index (κ3) is 7.01. The molecule has 2 N–H and O–H groups in total. The smallest absolute Gasteiger partial charge is 0.417 e. The van der Waals surface area contributed by atoms with Crippen LogP contribution in [0.25, 0.3) is 0 Å². The van der Waals surface area contributed by atoms with E-state index < -0.39 is 6.09 Å². The second-order valence-corrected chi connectivity index (χ2v) is 8.65. The number of anilines is 4. The number of hydrogen-bond acceptors (Lipinski definition) is 8. The van der Waals surface area contributed by atoms with Gasteiger partial charge in [0.1, 0.15) is 23.1 Å². The van der Waals surface area contributed by atoms with E-state index in [1.165, 1.54) is 58.8 Å². The van der Waals surface area contributed by atoms with Gasteiger partial charge in [-0.05, 0) is 56.6 Å². The Balaban J connectivity index is 1.43. The molecule has 0 bridgehead atoms. The predicted molar refractivity (Wildman–Crippen MR) is 142 cm³/mol. The topological polar surface area (TPSA) is 109 Å². The number of carbonyl (C=O) groups is 1. The molecule has 1 saturated heterocycles. The lowest BCUT2D eigenvalue weighted by Gasteiger charge is -2.26.